The number of nitrogens with zero attached hydrogens (tertiary/aromatic N) is 1. The summed E-state index contributed by atoms with van der Waals surface area (Å²) in [6.07, 6.45) is 2.31. The first kappa shape index (κ1) is 15.9. The van der Waals surface area contributed by atoms with E-state index in [0.29, 0.717) is 18.5 Å². The summed E-state index contributed by atoms with van der Waals surface area (Å²) in [6.45, 7) is 2.14. The van der Waals surface area contributed by atoms with Gasteiger partial charge in [0.2, 0.25) is 0 Å². The van der Waals surface area contributed by atoms with Crippen LogP contribution in [0.2, 0.25) is 0 Å². The third-order valence-electron chi connectivity index (χ3n) is 3.18. The molecule has 0 spiro atoms. The highest BCUT2D eigenvalue weighted by atomic mass is 19.2. The van der Waals surface area contributed by atoms with Gasteiger partial charge in [-0.2, -0.15) is 0 Å². The Morgan fingerprint density at radius 1 is 1.23 bits per heavy atom. The minimum absolute atomic E-state index is 0.367. The summed E-state index contributed by atoms with van der Waals surface area (Å²) in [5, 5.41) is 5.37. The Hall–Kier alpha value is -2.50. The summed E-state index contributed by atoms with van der Waals surface area (Å²) in [7, 11) is 0. The van der Waals surface area contributed by atoms with Gasteiger partial charge in [0.05, 0.1) is 6.04 Å². The van der Waals surface area contributed by atoms with Gasteiger partial charge in [0.25, 0.3) is 0 Å². The van der Waals surface area contributed by atoms with E-state index >= 15 is 0 Å². The molecule has 2 aromatic rings. The molecule has 1 aromatic carbocycles. The number of hydrogen-bond acceptors (Lipinski definition) is 2. The van der Waals surface area contributed by atoms with E-state index in [9.17, 15) is 13.6 Å². The van der Waals surface area contributed by atoms with Crippen LogP contribution in [-0.4, -0.2) is 17.6 Å². The quantitative estimate of drug-likeness (QED) is 0.892. The van der Waals surface area contributed by atoms with Crippen molar-refractivity contribution in [3.05, 3.63) is 65.5 Å². The van der Waals surface area contributed by atoms with Gasteiger partial charge < -0.3 is 10.6 Å². The maximum atomic E-state index is 13.2. The SMILES string of the molecule is CC(NC(=O)NCCc1ccccn1)c1ccc(F)c(F)c1. The number of pyridine rings is 1. The standard InChI is InChI=1S/C16H17F2N3O/c1-11(12-5-6-14(17)15(18)10-12)21-16(22)20-9-7-13-4-2-3-8-19-13/h2-6,8,10-11H,7,9H2,1H3,(H2,20,21,22). The minimum Gasteiger partial charge on any atom is -0.338 e. The number of hydrogen-bond donors (Lipinski definition) is 2. The first-order chi connectivity index (χ1) is 10.6. The van der Waals surface area contributed by atoms with Gasteiger partial charge >= 0.3 is 6.03 Å². The number of amides is 2. The number of benzene rings is 1. The highest BCUT2D eigenvalue weighted by Crippen LogP contribution is 2.15. The van der Waals surface area contributed by atoms with E-state index in [1.165, 1.54) is 6.07 Å². The normalized spacial score (nSPS) is 11.8. The van der Waals surface area contributed by atoms with Crippen molar-refractivity contribution in [2.45, 2.75) is 19.4 Å². The maximum Gasteiger partial charge on any atom is 0.315 e. The molecule has 0 aliphatic rings. The largest absolute Gasteiger partial charge is 0.338 e. The zero-order valence-electron chi connectivity index (χ0n) is 12.1. The summed E-state index contributed by atoms with van der Waals surface area (Å²) in [5.74, 6) is -1.84. The third-order valence-corrected chi connectivity index (χ3v) is 3.18. The molecule has 0 saturated carbocycles. The van der Waals surface area contributed by atoms with Gasteiger partial charge in [-0.05, 0) is 36.8 Å². The van der Waals surface area contributed by atoms with Crippen LogP contribution in [0, 0.1) is 11.6 Å². The number of urea groups is 1. The van der Waals surface area contributed by atoms with E-state index in [1.54, 1.807) is 13.1 Å². The Morgan fingerprint density at radius 2 is 2.05 bits per heavy atom. The van der Waals surface area contributed by atoms with Crippen LogP contribution in [0.5, 0.6) is 0 Å². The van der Waals surface area contributed by atoms with Crippen LogP contribution in [0.1, 0.15) is 24.2 Å². The fraction of sp³-hybridized carbons (Fsp3) is 0.250. The second-order valence-corrected chi connectivity index (χ2v) is 4.87. The molecule has 2 amide bonds. The molecule has 4 nitrogen and oxygen atoms in total. The molecule has 22 heavy (non-hydrogen) atoms. The number of carbonyl (C=O) groups excluding carboxylic acids is 1. The Kier molecular flexibility index (Phi) is 5.41. The molecule has 0 radical (unpaired) electrons. The van der Waals surface area contributed by atoms with Crippen molar-refractivity contribution in [3.8, 4) is 0 Å². The number of halogens is 2. The lowest BCUT2D eigenvalue weighted by Crippen LogP contribution is -2.38. The minimum atomic E-state index is -0.929. The van der Waals surface area contributed by atoms with Gasteiger partial charge in [-0.15, -0.1) is 0 Å². The smallest absolute Gasteiger partial charge is 0.315 e. The van der Waals surface area contributed by atoms with Gasteiger partial charge in [-0.3, -0.25) is 4.98 Å². The van der Waals surface area contributed by atoms with Gasteiger partial charge in [-0.1, -0.05) is 12.1 Å². The molecule has 6 heteroatoms. The molecule has 0 aliphatic carbocycles. The van der Waals surface area contributed by atoms with Gasteiger partial charge in [0, 0.05) is 24.9 Å². The van der Waals surface area contributed by atoms with Crippen LogP contribution < -0.4 is 10.6 Å². The lowest BCUT2D eigenvalue weighted by molar-refractivity contribution is 0.238. The molecule has 116 valence electrons. The van der Waals surface area contributed by atoms with Crippen molar-refractivity contribution >= 4 is 6.03 Å². The Bertz CT molecular complexity index is 635. The number of carbonyl (C=O) groups is 1. The highest BCUT2D eigenvalue weighted by Gasteiger charge is 2.11. The van der Waals surface area contributed by atoms with Gasteiger partial charge in [0.1, 0.15) is 0 Å². The predicted octanol–water partition coefficient (Wildman–Crippen LogP) is 2.96. The average Bonchev–Trinajstić information content (AvgIpc) is 2.51. The number of nitrogens with one attached hydrogen (secondary N) is 2. The monoisotopic (exact) mass is 305 g/mol. The molecule has 1 atom stereocenters. The summed E-state index contributed by atoms with van der Waals surface area (Å²) in [5.41, 5.74) is 1.38. The van der Waals surface area contributed by atoms with Crippen LogP contribution in [0.25, 0.3) is 0 Å². The van der Waals surface area contributed by atoms with Crippen LogP contribution in [0.15, 0.2) is 42.6 Å². The summed E-state index contributed by atoms with van der Waals surface area (Å²) in [6, 6.07) is 8.36. The molecule has 1 unspecified atom stereocenters. The fourth-order valence-electron chi connectivity index (χ4n) is 1.96. The van der Waals surface area contributed by atoms with Crippen molar-refractivity contribution in [3.63, 3.8) is 0 Å². The topological polar surface area (TPSA) is 54.0 Å². The van der Waals surface area contributed by atoms with E-state index in [2.05, 4.69) is 15.6 Å². The Balaban J connectivity index is 1.80. The van der Waals surface area contributed by atoms with Crippen molar-refractivity contribution in [2.75, 3.05) is 6.54 Å². The van der Waals surface area contributed by atoms with Crippen LogP contribution in [-0.2, 0) is 6.42 Å². The fourth-order valence-corrected chi connectivity index (χ4v) is 1.96. The van der Waals surface area contributed by atoms with E-state index in [-0.39, 0.29) is 6.03 Å². The van der Waals surface area contributed by atoms with Crippen LogP contribution in [0.4, 0.5) is 13.6 Å². The predicted molar refractivity (Wildman–Crippen MR) is 79.2 cm³/mol. The van der Waals surface area contributed by atoms with Crippen molar-refractivity contribution in [2.24, 2.45) is 0 Å². The Morgan fingerprint density at radius 3 is 2.73 bits per heavy atom. The molecule has 1 heterocycles. The van der Waals surface area contributed by atoms with Gasteiger partial charge in [-0.25, -0.2) is 13.6 Å². The van der Waals surface area contributed by atoms with Crippen LogP contribution >= 0.6 is 0 Å². The van der Waals surface area contributed by atoms with E-state index in [0.717, 1.165) is 17.8 Å². The van der Waals surface area contributed by atoms with Crippen molar-refractivity contribution in [1.82, 2.24) is 15.6 Å². The molecule has 0 aliphatic heterocycles. The zero-order chi connectivity index (χ0) is 15.9. The molecule has 2 rings (SSSR count). The lowest BCUT2D eigenvalue weighted by Gasteiger charge is -2.15. The molecule has 0 saturated heterocycles. The summed E-state index contributed by atoms with van der Waals surface area (Å²) in [4.78, 5) is 15.9. The summed E-state index contributed by atoms with van der Waals surface area (Å²) >= 11 is 0. The van der Waals surface area contributed by atoms with Crippen molar-refractivity contribution < 1.29 is 13.6 Å². The van der Waals surface area contributed by atoms with E-state index in [1.807, 2.05) is 18.2 Å². The van der Waals surface area contributed by atoms with E-state index in [4.69, 9.17) is 0 Å². The van der Waals surface area contributed by atoms with Crippen molar-refractivity contribution in [1.29, 1.82) is 0 Å². The molecule has 1 aromatic heterocycles. The molecule has 0 bridgehead atoms. The Labute approximate surface area is 127 Å². The number of aromatic nitrogens is 1. The second kappa shape index (κ2) is 7.49. The number of rotatable bonds is 5. The first-order valence-corrected chi connectivity index (χ1v) is 6.95. The summed E-state index contributed by atoms with van der Waals surface area (Å²) < 4.78 is 26.0. The highest BCUT2D eigenvalue weighted by molar-refractivity contribution is 5.74. The van der Waals surface area contributed by atoms with Crippen LogP contribution in [0.3, 0.4) is 0 Å². The van der Waals surface area contributed by atoms with E-state index < -0.39 is 17.7 Å². The molecule has 0 fully saturated rings. The second-order valence-electron chi connectivity index (χ2n) is 4.87. The molecule has 2 N–H and O–H groups in total. The molecular formula is C16H17F2N3O. The molecular weight excluding hydrogens is 288 g/mol. The maximum absolute atomic E-state index is 13.2. The lowest BCUT2D eigenvalue weighted by atomic mass is 10.1. The van der Waals surface area contributed by atoms with Gasteiger partial charge in [0.15, 0.2) is 11.6 Å². The average molecular weight is 305 g/mol. The first-order valence-electron chi connectivity index (χ1n) is 6.95. The zero-order valence-corrected chi connectivity index (χ0v) is 12.1. The third kappa shape index (κ3) is 4.51.